The highest BCUT2D eigenvalue weighted by Crippen LogP contribution is 2.19. The molecule has 9 nitrogen and oxygen atoms in total. The van der Waals surface area contributed by atoms with Crippen molar-refractivity contribution < 1.29 is 9.53 Å². The predicted octanol–water partition coefficient (Wildman–Crippen LogP) is 0.339. The molecule has 0 spiro atoms. The minimum atomic E-state index is -0.263. The Kier molecular flexibility index (Phi) is 4.96. The average Bonchev–Trinajstić information content (AvgIpc) is 3.25. The first kappa shape index (κ1) is 15.6. The van der Waals surface area contributed by atoms with Crippen molar-refractivity contribution >= 4 is 5.91 Å². The Balaban J connectivity index is 1.55. The molecule has 1 unspecified atom stereocenters. The summed E-state index contributed by atoms with van der Waals surface area (Å²) in [5, 5.41) is 14.7. The summed E-state index contributed by atoms with van der Waals surface area (Å²) in [6, 6.07) is 0. The molecule has 3 heterocycles. The topological polar surface area (TPSA) is 102 Å². The van der Waals surface area contributed by atoms with E-state index in [1.54, 1.807) is 22.0 Å². The fourth-order valence-corrected chi connectivity index (χ4v) is 2.55. The highest BCUT2D eigenvalue weighted by molar-refractivity contribution is 5.76. The molecule has 1 fully saturated rings. The number of morpholine rings is 1. The Hall–Kier alpha value is -2.29. The van der Waals surface area contributed by atoms with Crippen LogP contribution in [0.15, 0.2) is 12.4 Å². The van der Waals surface area contributed by atoms with Gasteiger partial charge in [0.1, 0.15) is 11.9 Å². The van der Waals surface area contributed by atoms with Crippen LogP contribution in [0.4, 0.5) is 0 Å². The van der Waals surface area contributed by atoms with E-state index in [4.69, 9.17) is 4.74 Å². The van der Waals surface area contributed by atoms with Crippen LogP contribution in [0.2, 0.25) is 0 Å². The molecule has 9 heteroatoms. The Morgan fingerprint density at radius 1 is 1.52 bits per heavy atom. The summed E-state index contributed by atoms with van der Waals surface area (Å²) in [5.74, 6) is 1.57. The van der Waals surface area contributed by atoms with Crippen molar-refractivity contribution in [3.63, 3.8) is 0 Å². The number of aryl methyl sites for hydroxylation is 2. The number of ether oxygens (including phenoxy) is 1. The van der Waals surface area contributed by atoms with Gasteiger partial charge in [-0.3, -0.25) is 14.6 Å². The normalized spacial score (nSPS) is 18.3. The molecule has 23 heavy (non-hydrogen) atoms. The van der Waals surface area contributed by atoms with Crippen LogP contribution in [0.25, 0.3) is 0 Å². The zero-order valence-electron chi connectivity index (χ0n) is 13.2. The number of H-pyrrole nitrogens is 1. The van der Waals surface area contributed by atoms with E-state index in [0.29, 0.717) is 38.5 Å². The molecule has 1 aliphatic heterocycles. The molecule has 1 atom stereocenters. The van der Waals surface area contributed by atoms with Crippen LogP contribution < -0.4 is 0 Å². The van der Waals surface area contributed by atoms with Gasteiger partial charge >= 0.3 is 0 Å². The summed E-state index contributed by atoms with van der Waals surface area (Å²) >= 11 is 0. The summed E-state index contributed by atoms with van der Waals surface area (Å²) in [6.45, 7) is 4.20. The molecule has 2 aromatic rings. The molecule has 124 valence electrons. The van der Waals surface area contributed by atoms with Crippen molar-refractivity contribution in [1.82, 2.24) is 35.1 Å². The van der Waals surface area contributed by atoms with Gasteiger partial charge in [-0.1, -0.05) is 12.1 Å². The van der Waals surface area contributed by atoms with Gasteiger partial charge < -0.3 is 9.64 Å². The zero-order chi connectivity index (χ0) is 16.1. The molecule has 2 aromatic heterocycles. The lowest BCUT2D eigenvalue weighted by atomic mass is 10.2. The Morgan fingerprint density at radius 2 is 2.43 bits per heavy atom. The summed E-state index contributed by atoms with van der Waals surface area (Å²) in [4.78, 5) is 18.6. The molecule has 1 N–H and O–H groups in total. The fourth-order valence-electron chi connectivity index (χ4n) is 2.55. The van der Waals surface area contributed by atoms with E-state index in [0.717, 1.165) is 18.7 Å². The lowest BCUT2D eigenvalue weighted by Gasteiger charge is -2.31. The second kappa shape index (κ2) is 7.32. The van der Waals surface area contributed by atoms with E-state index in [9.17, 15) is 4.79 Å². The SMILES string of the molecule is CCCc1nc(C2CN(C(=O)CCn3ccnn3)CCO2)n[nH]1. The van der Waals surface area contributed by atoms with Crippen molar-refractivity contribution in [3.8, 4) is 0 Å². The van der Waals surface area contributed by atoms with Crippen molar-refractivity contribution in [2.75, 3.05) is 19.7 Å². The van der Waals surface area contributed by atoms with Gasteiger partial charge in [-0.25, -0.2) is 4.98 Å². The monoisotopic (exact) mass is 319 g/mol. The van der Waals surface area contributed by atoms with Gasteiger partial charge in [0.25, 0.3) is 0 Å². The third-order valence-corrected chi connectivity index (χ3v) is 3.77. The molecule has 0 aromatic carbocycles. The minimum Gasteiger partial charge on any atom is -0.366 e. The van der Waals surface area contributed by atoms with Gasteiger partial charge in [-0.05, 0) is 6.42 Å². The Bertz CT molecular complexity index is 625. The van der Waals surface area contributed by atoms with E-state index >= 15 is 0 Å². The number of rotatable bonds is 6. The number of carbonyl (C=O) groups excluding carboxylic acids is 1. The smallest absolute Gasteiger partial charge is 0.224 e. The molecule has 0 radical (unpaired) electrons. The van der Waals surface area contributed by atoms with E-state index in [2.05, 4.69) is 32.4 Å². The zero-order valence-corrected chi connectivity index (χ0v) is 13.2. The molecule has 1 aliphatic rings. The molecular formula is C14H21N7O2. The predicted molar refractivity (Wildman–Crippen MR) is 80.3 cm³/mol. The third-order valence-electron chi connectivity index (χ3n) is 3.77. The van der Waals surface area contributed by atoms with Gasteiger partial charge in [0.05, 0.1) is 25.9 Å². The van der Waals surface area contributed by atoms with E-state index < -0.39 is 0 Å². The van der Waals surface area contributed by atoms with Crippen LogP contribution in [0.5, 0.6) is 0 Å². The average molecular weight is 319 g/mol. The summed E-state index contributed by atoms with van der Waals surface area (Å²) in [6.07, 6.45) is 5.35. The Labute approximate surface area is 134 Å². The minimum absolute atomic E-state index is 0.0816. The van der Waals surface area contributed by atoms with Crippen LogP contribution in [0.3, 0.4) is 0 Å². The summed E-state index contributed by atoms with van der Waals surface area (Å²) in [5.41, 5.74) is 0. The largest absolute Gasteiger partial charge is 0.366 e. The van der Waals surface area contributed by atoms with Crippen LogP contribution in [0.1, 0.15) is 37.5 Å². The second-order valence-corrected chi connectivity index (χ2v) is 5.51. The first-order valence-electron chi connectivity index (χ1n) is 7.91. The number of carbonyl (C=O) groups is 1. The summed E-state index contributed by atoms with van der Waals surface area (Å²) in [7, 11) is 0. The lowest BCUT2D eigenvalue weighted by molar-refractivity contribution is -0.139. The Morgan fingerprint density at radius 3 is 3.22 bits per heavy atom. The van der Waals surface area contributed by atoms with Crippen molar-refractivity contribution in [2.45, 2.75) is 38.8 Å². The number of aromatic amines is 1. The third kappa shape index (κ3) is 3.92. The van der Waals surface area contributed by atoms with Crippen LogP contribution in [-0.2, 0) is 22.5 Å². The first-order valence-corrected chi connectivity index (χ1v) is 7.91. The maximum Gasteiger partial charge on any atom is 0.224 e. The second-order valence-electron chi connectivity index (χ2n) is 5.51. The lowest BCUT2D eigenvalue weighted by Crippen LogP contribution is -2.42. The summed E-state index contributed by atoms with van der Waals surface area (Å²) < 4.78 is 7.37. The molecular weight excluding hydrogens is 298 g/mol. The first-order chi connectivity index (χ1) is 11.3. The molecule has 0 aliphatic carbocycles. The van der Waals surface area contributed by atoms with Crippen LogP contribution >= 0.6 is 0 Å². The number of amides is 1. The van der Waals surface area contributed by atoms with Gasteiger partial charge in [0.2, 0.25) is 5.91 Å². The number of nitrogens with one attached hydrogen (secondary N) is 1. The number of hydrogen-bond donors (Lipinski definition) is 1. The van der Waals surface area contributed by atoms with Crippen molar-refractivity contribution in [2.24, 2.45) is 0 Å². The molecule has 3 rings (SSSR count). The molecule has 0 bridgehead atoms. The maximum atomic E-state index is 12.3. The highest BCUT2D eigenvalue weighted by atomic mass is 16.5. The number of hydrogen-bond acceptors (Lipinski definition) is 6. The van der Waals surface area contributed by atoms with E-state index in [1.165, 1.54) is 0 Å². The number of nitrogens with zero attached hydrogens (tertiary/aromatic N) is 6. The molecule has 1 amide bonds. The van der Waals surface area contributed by atoms with Gasteiger partial charge in [-0.2, -0.15) is 5.10 Å². The number of aromatic nitrogens is 6. The highest BCUT2D eigenvalue weighted by Gasteiger charge is 2.27. The van der Waals surface area contributed by atoms with Gasteiger partial charge in [-0.15, -0.1) is 5.10 Å². The van der Waals surface area contributed by atoms with Crippen molar-refractivity contribution in [1.29, 1.82) is 0 Å². The van der Waals surface area contributed by atoms with E-state index in [-0.39, 0.29) is 12.0 Å². The molecule has 1 saturated heterocycles. The van der Waals surface area contributed by atoms with Gasteiger partial charge in [0.15, 0.2) is 5.82 Å². The van der Waals surface area contributed by atoms with E-state index in [1.807, 2.05) is 0 Å². The quantitative estimate of drug-likeness (QED) is 0.824. The van der Waals surface area contributed by atoms with Gasteiger partial charge in [0, 0.05) is 25.6 Å². The fraction of sp³-hybridized carbons (Fsp3) is 0.643. The van der Waals surface area contributed by atoms with Crippen LogP contribution in [0, 0.1) is 0 Å². The maximum absolute atomic E-state index is 12.3. The molecule has 0 saturated carbocycles. The van der Waals surface area contributed by atoms with Crippen molar-refractivity contribution in [3.05, 3.63) is 24.0 Å². The van der Waals surface area contributed by atoms with Crippen LogP contribution in [-0.4, -0.2) is 60.7 Å². The standard InChI is InChI=1S/C14H21N7O2/c1-2-3-12-16-14(18-17-12)11-10-20(8-9-23-11)13(22)4-6-21-7-5-15-19-21/h5,7,11H,2-4,6,8-10H2,1H3,(H,16,17,18).